The second-order valence-electron chi connectivity index (χ2n) is 3.12. The van der Waals surface area contributed by atoms with Crippen LogP contribution in [0, 0.1) is 0 Å². The Balaban J connectivity index is 2.81. The summed E-state index contributed by atoms with van der Waals surface area (Å²) in [5.41, 5.74) is 2.28. The molecule has 2 aromatic rings. The summed E-state index contributed by atoms with van der Waals surface area (Å²) >= 11 is 4.24. The van der Waals surface area contributed by atoms with Crippen LogP contribution in [0.25, 0.3) is 10.9 Å². The van der Waals surface area contributed by atoms with Crippen molar-refractivity contribution in [3.05, 3.63) is 30.0 Å². The maximum absolute atomic E-state index is 9.33. The zero-order chi connectivity index (χ0) is 9.42. The number of hydrogen-bond acceptors (Lipinski definition) is 2. The van der Waals surface area contributed by atoms with Crippen molar-refractivity contribution < 1.29 is 5.11 Å². The molecule has 0 atom stereocenters. The van der Waals surface area contributed by atoms with Crippen LogP contribution in [0.5, 0.6) is 5.75 Å². The van der Waals surface area contributed by atoms with Crippen LogP contribution in [0.2, 0.25) is 0 Å². The maximum atomic E-state index is 9.33. The Labute approximate surface area is 82.2 Å². The number of phenolic OH excluding ortho intramolecular Hbond substituents is 1. The number of phenols is 1. The van der Waals surface area contributed by atoms with E-state index in [0.29, 0.717) is 11.5 Å². The highest BCUT2D eigenvalue weighted by Gasteiger charge is 2.04. The lowest BCUT2D eigenvalue weighted by atomic mass is 10.2. The van der Waals surface area contributed by atoms with Crippen molar-refractivity contribution in [2.24, 2.45) is 7.05 Å². The van der Waals surface area contributed by atoms with Crippen molar-refractivity contribution in [2.45, 2.75) is 5.75 Å². The fourth-order valence-corrected chi connectivity index (χ4v) is 1.84. The normalized spacial score (nSPS) is 10.9. The molecule has 0 spiro atoms. The molecule has 0 saturated heterocycles. The Bertz CT molecular complexity index is 447. The molecule has 1 N–H and O–H groups in total. The first-order chi connectivity index (χ1) is 6.22. The van der Waals surface area contributed by atoms with Crippen LogP contribution in [0.3, 0.4) is 0 Å². The molecule has 1 aromatic carbocycles. The Morgan fingerprint density at radius 2 is 2.23 bits per heavy atom. The first-order valence-corrected chi connectivity index (χ1v) is 4.73. The standard InChI is InChI=1S/C10H11NOS/c1-11-5-7(6-13)9-4-8(12)2-3-10(9)11/h2-5,12-13H,6H2,1H3. The molecule has 0 aliphatic rings. The van der Waals surface area contributed by atoms with Gasteiger partial charge in [0.1, 0.15) is 5.75 Å². The number of thiol groups is 1. The zero-order valence-electron chi connectivity index (χ0n) is 7.36. The minimum absolute atomic E-state index is 0.307. The van der Waals surface area contributed by atoms with E-state index in [1.165, 1.54) is 0 Å². The van der Waals surface area contributed by atoms with E-state index >= 15 is 0 Å². The molecular formula is C10H11NOS. The predicted molar refractivity (Wildman–Crippen MR) is 57.3 cm³/mol. The average molecular weight is 193 g/mol. The number of aromatic hydroxyl groups is 1. The summed E-state index contributed by atoms with van der Waals surface area (Å²) in [6.07, 6.45) is 2.04. The van der Waals surface area contributed by atoms with Crippen LogP contribution in [0.1, 0.15) is 5.56 Å². The predicted octanol–water partition coefficient (Wildman–Crippen LogP) is 2.31. The molecule has 1 aromatic heterocycles. The van der Waals surface area contributed by atoms with Gasteiger partial charge in [-0.1, -0.05) is 0 Å². The second-order valence-corrected chi connectivity index (χ2v) is 3.44. The van der Waals surface area contributed by atoms with E-state index < -0.39 is 0 Å². The van der Waals surface area contributed by atoms with Crippen molar-refractivity contribution in [1.82, 2.24) is 4.57 Å². The quantitative estimate of drug-likeness (QED) is 0.668. The van der Waals surface area contributed by atoms with Crippen molar-refractivity contribution in [2.75, 3.05) is 0 Å². The molecular weight excluding hydrogens is 182 g/mol. The first kappa shape index (κ1) is 8.51. The van der Waals surface area contributed by atoms with Crippen molar-refractivity contribution in [3.63, 3.8) is 0 Å². The lowest BCUT2D eigenvalue weighted by molar-refractivity contribution is 0.476. The molecule has 0 saturated carbocycles. The molecule has 0 aliphatic heterocycles. The van der Waals surface area contributed by atoms with E-state index in [0.717, 1.165) is 16.5 Å². The Morgan fingerprint density at radius 3 is 2.92 bits per heavy atom. The van der Waals surface area contributed by atoms with Crippen LogP contribution < -0.4 is 0 Å². The van der Waals surface area contributed by atoms with E-state index in [-0.39, 0.29) is 0 Å². The third-order valence-corrected chi connectivity index (χ3v) is 2.57. The Kier molecular flexibility index (Phi) is 1.96. The van der Waals surface area contributed by atoms with Gasteiger partial charge >= 0.3 is 0 Å². The molecule has 1 heterocycles. The summed E-state index contributed by atoms with van der Waals surface area (Å²) in [5.74, 6) is 1.00. The van der Waals surface area contributed by atoms with E-state index in [1.807, 2.05) is 23.9 Å². The van der Waals surface area contributed by atoms with Gasteiger partial charge in [0, 0.05) is 29.9 Å². The molecule has 13 heavy (non-hydrogen) atoms. The van der Waals surface area contributed by atoms with Crippen molar-refractivity contribution in [1.29, 1.82) is 0 Å². The molecule has 0 radical (unpaired) electrons. The molecule has 0 aliphatic carbocycles. The van der Waals surface area contributed by atoms with E-state index in [4.69, 9.17) is 0 Å². The smallest absolute Gasteiger partial charge is 0.116 e. The molecule has 0 bridgehead atoms. The lowest BCUT2D eigenvalue weighted by Crippen LogP contribution is -1.82. The number of aromatic nitrogens is 1. The summed E-state index contributed by atoms with van der Waals surface area (Å²) in [5, 5.41) is 10.4. The number of rotatable bonds is 1. The van der Waals surface area contributed by atoms with Gasteiger partial charge in [-0.05, 0) is 23.8 Å². The topological polar surface area (TPSA) is 25.2 Å². The third-order valence-electron chi connectivity index (χ3n) is 2.23. The molecule has 2 nitrogen and oxygen atoms in total. The van der Waals surface area contributed by atoms with Crippen LogP contribution in [0.15, 0.2) is 24.4 Å². The maximum Gasteiger partial charge on any atom is 0.116 e. The summed E-state index contributed by atoms with van der Waals surface area (Å²) in [4.78, 5) is 0. The summed E-state index contributed by atoms with van der Waals surface area (Å²) in [6, 6.07) is 5.39. The van der Waals surface area contributed by atoms with Gasteiger partial charge in [-0.2, -0.15) is 12.6 Å². The summed E-state index contributed by atoms with van der Waals surface area (Å²) < 4.78 is 2.04. The fraction of sp³-hybridized carbons (Fsp3) is 0.200. The van der Waals surface area contributed by atoms with Crippen molar-refractivity contribution >= 4 is 23.5 Å². The summed E-state index contributed by atoms with van der Waals surface area (Å²) in [6.45, 7) is 0. The monoisotopic (exact) mass is 193 g/mol. The minimum atomic E-state index is 0.307. The van der Waals surface area contributed by atoms with Crippen LogP contribution in [-0.2, 0) is 12.8 Å². The largest absolute Gasteiger partial charge is 0.508 e. The lowest BCUT2D eigenvalue weighted by Gasteiger charge is -1.96. The minimum Gasteiger partial charge on any atom is -0.508 e. The molecule has 3 heteroatoms. The SMILES string of the molecule is Cn1cc(CS)c2cc(O)ccc21. The van der Waals surface area contributed by atoms with E-state index in [2.05, 4.69) is 12.6 Å². The van der Waals surface area contributed by atoms with Gasteiger partial charge in [0.2, 0.25) is 0 Å². The summed E-state index contributed by atoms with van der Waals surface area (Å²) in [7, 11) is 1.99. The molecule has 68 valence electrons. The Hall–Kier alpha value is -1.09. The van der Waals surface area contributed by atoms with Gasteiger partial charge in [0.05, 0.1) is 0 Å². The highest BCUT2D eigenvalue weighted by atomic mass is 32.1. The fourth-order valence-electron chi connectivity index (χ4n) is 1.59. The third kappa shape index (κ3) is 1.29. The van der Waals surface area contributed by atoms with Crippen molar-refractivity contribution in [3.8, 4) is 5.75 Å². The molecule has 0 unspecified atom stereocenters. The van der Waals surface area contributed by atoms with Gasteiger partial charge in [0.15, 0.2) is 0 Å². The number of fused-ring (bicyclic) bond motifs is 1. The van der Waals surface area contributed by atoms with Gasteiger partial charge in [0.25, 0.3) is 0 Å². The van der Waals surface area contributed by atoms with Crippen LogP contribution >= 0.6 is 12.6 Å². The molecule has 0 amide bonds. The zero-order valence-corrected chi connectivity index (χ0v) is 8.25. The molecule has 0 fully saturated rings. The first-order valence-electron chi connectivity index (χ1n) is 4.10. The second kappa shape index (κ2) is 3.00. The van der Waals surface area contributed by atoms with Gasteiger partial charge < -0.3 is 9.67 Å². The van der Waals surface area contributed by atoms with Crippen LogP contribution in [0.4, 0.5) is 0 Å². The highest BCUT2D eigenvalue weighted by Crippen LogP contribution is 2.25. The van der Waals surface area contributed by atoms with Crippen LogP contribution in [-0.4, -0.2) is 9.67 Å². The number of benzene rings is 1. The average Bonchev–Trinajstić information content (AvgIpc) is 2.42. The molecule has 2 rings (SSSR count). The number of aryl methyl sites for hydroxylation is 1. The Morgan fingerprint density at radius 1 is 1.46 bits per heavy atom. The van der Waals surface area contributed by atoms with Gasteiger partial charge in [-0.25, -0.2) is 0 Å². The van der Waals surface area contributed by atoms with E-state index in [1.54, 1.807) is 12.1 Å². The highest BCUT2D eigenvalue weighted by molar-refractivity contribution is 7.79. The van der Waals surface area contributed by atoms with Gasteiger partial charge in [-0.15, -0.1) is 0 Å². The number of hydrogen-bond donors (Lipinski definition) is 2. The van der Waals surface area contributed by atoms with Gasteiger partial charge in [-0.3, -0.25) is 0 Å². The van der Waals surface area contributed by atoms with E-state index in [9.17, 15) is 5.11 Å². The number of nitrogens with zero attached hydrogens (tertiary/aromatic N) is 1.